The van der Waals surface area contributed by atoms with Crippen LogP contribution in [0.4, 0.5) is 0 Å². The first-order valence-electron chi connectivity index (χ1n) is 7.10. The Labute approximate surface area is 132 Å². The third kappa shape index (κ3) is 5.93. The maximum atomic E-state index is 3.34. The Morgan fingerprint density at radius 2 is 1.14 bits per heavy atom. The van der Waals surface area contributed by atoms with Crippen LogP contribution >= 0.6 is 0 Å². The van der Waals surface area contributed by atoms with E-state index in [4.69, 9.17) is 0 Å². The second kappa shape index (κ2) is 9.10. The summed E-state index contributed by atoms with van der Waals surface area (Å²) in [6.45, 7) is 2.26. The van der Waals surface area contributed by atoms with Gasteiger partial charge in [-0.3, -0.25) is 0 Å². The van der Waals surface area contributed by atoms with E-state index in [2.05, 4.69) is 54.9 Å². The van der Waals surface area contributed by atoms with Gasteiger partial charge in [0.05, 0.1) is 0 Å². The van der Waals surface area contributed by atoms with Gasteiger partial charge in [-0.15, -0.1) is 0 Å². The Balaban J connectivity index is 1.87. The van der Waals surface area contributed by atoms with Crippen molar-refractivity contribution >= 4 is 13.9 Å². The zero-order valence-corrected chi connectivity index (χ0v) is 14.0. The van der Waals surface area contributed by atoms with Crippen LogP contribution in [0.2, 0.25) is 16.0 Å². The van der Waals surface area contributed by atoms with Crippen molar-refractivity contribution < 1.29 is 0 Å². The molecule has 2 aromatic rings. The minimum absolute atomic E-state index is 0.703. The number of rotatable bonds is 3. The molecule has 0 fully saturated rings. The van der Waals surface area contributed by atoms with Crippen molar-refractivity contribution in [2.45, 2.75) is 22.9 Å². The molecule has 2 aromatic carbocycles. The predicted octanol–water partition coefficient (Wildman–Crippen LogP) is 4.60. The molecule has 0 unspecified atom stereocenters. The molecule has 1 heteroatoms. The standard InChI is InChI=1S/C20H19Se/c1-2-21(17-9-15-19-11-5-3-6-12-19)18-10-16-20-13-7-4-8-14-20/h3-8,11-14H,2,17-18H2,1H3/q+1. The summed E-state index contributed by atoms with van der Waals surface area (Å²) in [4.78, 5) is 0. The summed E-state index contributed by atoms with van der Waals surface area (Å²) >= 11 is -0.703. The van der Waals surface area contributed by atoms with Gasteiger partial charge >= 0.3 is 132 Å². The molecule has 0 amide bonds. The summed E-state index contributed by atoms with van der Waals surface area (Å²) in [6.07, 6.45) is 0. The van der Waals surface area contributed by atoms with Gasteiger partial charge < -0.3 is 0 Å². The molecule has 0 atom stereocenters. The van der Waals surface area contributed by atoms with E-state index in [1.54, 1.807) is 0 Å². The summed E-state index contributed by atoms with van der Waals surface area (Å²) in [5.74, 6) is 13.2. The first-order chi connectivity index (χ1) is 10.4. The SMILES string of the molecule is CC[Se+](CC#Cc1ccccc1)CC#Cc1ccccc1. The molecule has 0 N–H and O–H groups in total. The van der Waals surface area contributed by atoms with Crippen LogP contribution in [0.1, 0.15) is 18.1 Å². The molecule has 0 heterocycles. The first kappa shape index (κ1) is 15.5. The predicted molar refractivity (Wildman–Crippen MR) is 92.5 cm³/mol. The Kier molecular flexibility index (Phi) is 6.70. The van der Waals surface area contributed by atoms with Gasteiger partial charge in [-0.05, 0) is 0 Å². The molecular formula is C20H19Se+. The van der Waals surface area contributed by atoms with E-state index < -0.39 is 13.9 Å². The van der Waals surface area contributed by atoms with Crippen molar-refractivity contribution in [2.24, 2.45) is 0 Å². The Morgan fingerprint density at radius 1 is 0.714 bits per heavy atom. The summed E-state index contributed by atoms with van der Waals surface area (Å²) in [6, 6.07) is 20.4. The van der Waals surface area contributed by atoms with Gasteiger partial charge in [0.2, 0.25) is 0 Å². The molecule has 0 spiro atoms. The number of benzene rings is 2. The van der Waals surface area contributed by atoms with Gasteiger partial charge in [0.25, 0.3) is 0 Å². The van der Waals surface area contributed by atoms with Crippen molar-refractivity contribution in [1.29, 1.82) is 0 Å². The quantitative estimate of drug-likeness (QED) is 0.567. The van der Waals surface area contributed by atoms with Crippen molar-refractivity contribution in [2.75, 3.05) is 0 Å². The fraction of sp³-hybridized carbons (Fsp3) is 0.200. The van der Waals surface area contributed by atoms with Crippen molar-refractivity contribution in [3.63, 3.8) is 0 Å². The molecule has 0 bridgehead atoms. The van der Waals surface area contributed by atoms with Gasteiger partial charge in [0, 0.05) is 0 Å². The van der Waals surface area contributed by atoms with Gasteiger partial charge in [0.1, 0.15) is 0 Å². The maximum absolute atomic E-state index is 3.34. The van der Waals surface area contributed by atoms with Crippen molar-refractivity contribution in [1.82, 2.24) is 0 Å². The van der Waals surface area contributed by atoms with Crippen LogP contribution in [0.5, 0.6) is 0 Å². The summed E-state index contributed by atoms with van der Waals surface area (Å²) in [5, 5.41) is 3.32. The Hall–Kier alpha value is -1.92. The molecule has 0 radical (unpaired) electrons. The first-order valence-corrected chi connectivity index (χ1v) is 10.7. The fourth-order valence-corrected chi connectivity index (χ4v) is 4.01. The van der Waals surface area contributed by atoms with Crippen LogP contribution in [0.15, 0.2) is 60.7 Å². The van der Waals surface area contributed by atoms with E-state index in [9.17, 15) is 0 Å². The van der Waals surface area contributed by atoms with Gasteiger partial charge in [-0.1, -0.05) is 0 Å². The molecule has 0 aromatic heterocycles. The Bertz CT molecular complexity index is 591. The van der Waals surface area contributed by atoms with Crippen molar-refractivity contribution in [3.8, 4) is 23.7 Å². The Morgan fingerprint density at radius 3 is 1.52 bits per heavy atom. The van der Waals surface area contributed by atoms with E-state index in [1.807, 2.05) is 36.4 Å². The van der Waals surface area contributed by atoms with Gasteiger partial charge in [-0.25, -0.2) is 0 Å². The van der Waals surface area contributed by atoms with E-state index in [-0.39, 0.29) is 0 Å². The van der Waals surface area contributed by atoms with Crippen LogP contribution in [0.3, 0.4) is 0 Å². The fourth-order valence-electron chi connectivity index (χ4n) is 1.78. The molecular weight excluding hydrogens is 319 g/mol. The minimum atomic E-state index is -0.703. The van der Waals surface area contributed by atoms with E-state index >= 15 is 0 Å². The summed E-state index contributed by atoms with van der Waals surface area (Å²) < 4.78 is 0. The molecule has 0 nitrogen and oxygen atoms in total. The second-order valence-corrected chi connectivity index (χ2v) is 9.52. The molecule has 104 valence electrons. The molecule has 0 aliphatic rings. The van der Waals surface area contributed by atoms with Gasteiger partial charge in [0.15, 0.2) is 0 Å². The summed E-state index contributed by atoms with van der Waals surface area (Å²) in [5.41, 5.74) is 2.21. The van der Waals surface area contributed by atoms with E-state index in [0.29, 0.717) is 0 Å². The van der Waals surface area contributed by atoms with Crippen molar-refractivity contribution in [3.05, 3.63) is 71.8 Å². The summed E-state index contributed by atoms with van der Waals surface area (Å²) in [7, 11) is 0. The molecule has 21 heavy (non-hydrogen) atoms. The van der Waals surface area contributed by atoms with Crippen LogP contribution in [-0.2, 0) is 0 Å². The average Bonchev–Trinajstić information content (AvgIpc) is 2.55. The normalized spacial score (nSPS) is 9.43. The zero-order valence-electron chi connectivity index (χ0n) is 12.3. The van der Waals surface area contributed by atoms with Crippen LogP contribution in [0, 0.1) is 23.7 Å². The molecule has 0 aliphatic heterocycles. The van der Waals surface area contributed by atoms with Crippen LogP contribution < -0.4 is 0 Å². The molecule has 0 saturated heterocycles. The average molecular weight is 338 g/mol. The number of hydrogen-bond acceptors (Lipinski definition) is 0. The van der Waals surface area contributed by atoms with Crippen LogP contribution in [0.25, 0.3) is 0 Å². The second-order valence-electron chi connectivity index (χ2n) is 4.53. The van der Waals surface area contributed by atoms with Crippen LogP contribution in [-0.4, -0.2) is 13.9 Å². The molecule has 0 aliphatic carbocycles. The van der Waals surface area contributed by atoms with E-state index in [0.717, 1.165) is 21.8 Å². The molecule has 2 rings (SSSR count). The van der Waals surface area contributed by atoms with E-state index in [1.165, 1.54) is 5.32 Å². The third-order valence-corrected chi connectivity index (χ3v) is 7.01. The monoisotopic (exact) mass is 339 g/mol. The number of hydrogen-bond donors (Lipinski definition) is 0. The topological polar surface area (TPSA) is 0 Å². The zero-order chi connectivity index (χ0) is 14.8. The molecule has 0 saturated carbocycles. The van der Waals surface area contributed by atoms with Gasteiger partial charge in [-0.2, -0.15) is 0 Å². The third-order valence-electron chi connectivity index (χ3n) is 2.97.